The monoisotopic (exact) mass is 472 g/mol. The van der Waals surface area contributed by atoms with Gasteiger partial charge in [0.05, 0.1) is 18.5 Å². The second-order valence-corrected chi connectivity index (χ2v) is 7.14. The number of rotatable bonds is 11. The number of nitrogens with one attached hydrogen (secondary N) is 1. The Morgan fingerprint density at radius 3 is 2.50 bits per heavy atom. The Morgan fingerprint density at radius 1 is 1.12 bits per heavy atom. The van der Waals surface area contributed by atoms with Crippen molar-refractivity contribution in [2.75, 3.05) is 25.9 Å². The zero-order chi connectivity index (χ0) is 25.3. The molecule has 1 aromatic carbocycles. The number of amides is 1. The van der Waals surface area contributed by atoms with Gasteiger partial charge in [-0.05, 0) is 57.4 Å². The number of aromatic nitrogens is 2. The van der Waals surface area contributed by atoms with Crippen LogP contribution in [-0.4, -0.2) is 47.9 Å². The van der Waals surface area contributed by atoms with E-state index in [0.29, 0.717) is 31.1 Å². The number of hydrazone groups is 1. The van der Waals surface area contributed by atoms with Gasteiger partial charge in [-0.15, -0.1) is 0 Å². The first-order valence-corrected chi connectivity index (χ1v) is 10.9. The van der Waals surface area contributed by atoms with Gasteiger partial charge in [0, 0.05) is 13.0 Å². The minimum atomic E-state index is -0.529. The smallest absolute Gasteiger partial charge is 0.280 e. The Morgan fingerprint density at radius 2 is 1.82 bits per heavy atom. The maximum absolute atomic E-state index is 12.2. The summed E-state index contributed by atoms with van der Waals surface area (Å²) in [7, 11) is 1.50. The van der Waals surface area contributed by atoms with E-state index >= 15 is 0 Å². The van der Waals surface area contributed by atoms with E-state index in [9.17, 15) is 4.79 Å². The first-order valence-electron chi connectivity index (χ1n) is 10.9. The molecule has 11 N–H and O–H groups in total. The summed E-state index contributed by atoms with van der Waals surface area (Å²) in [6.45, 7) is 2.77. The molecule has 12 heteroatoms. The van der Waals surface area contributed by atoms with Crippen molar-refractivity contribution in [1.82, 2.24) is 15.3 Å². The molecule has 0 radical (unpaired) electrons. The highest BCUT2D eigenvalue weighted by atomic mass is 16.5. The van der Waals surface area contributed by atoms with Crippen molar-refractivity contribution in [3.8, 4) is 5.75 Å². The van der Waals surface area contributed by atoms with Gasteiger partial charge in [0.1, 0.15) is 11.6 Å². The lowest BCUT2D eigenvalue weighted by Gasteiger charge is -2.07. The summed E-state index contributed by atoms with van der Waals surface area (Å²) in [5, 5.41) is 5.91. The molecule has 0 saturated carbocycles. The van der Waals surface area contributed by atoms with Crippen molar-refractivity contribution in [1.29, 1.82) is 0 Å². The van der Waals surface area contributed by atoms with Crippen LogP contribution in [0.4, 0.5) is 5.82 Å². The number of ether oxygens (including phenoxy) is 1. The lowest BCUT2D eigenvalue weighted by molar-refractivity contribution is 0.0972. The minimum absolute atomic E-state index is 0.0266. The van der Waals surface area contributed by atoms with E-state index in [1.54, 1.807) is 6.92 Å². The molecule has 0 bridgehead atoms. The predicted octanol–water partition coefficient (Wildman–Crippen LogP) is 0.399. The topological polar surface area (TPSA) is 219 Å². The normalized spacial score (nSPS) is 11.4. The van der Waals surface area contributed by atoms with Crippen LogP contribution in [0.25, 0.3) is 0 Å². The number of carbonyl (C=O) groups excluding carboxylic acids is 1. The highest BCUT2D eigenvalue weighted by Crippen LogP contribution is 2.14. The Bertz CT molecular complexity index is 945. The predicted molar refractivity (Wildman–Crippen MR) is 135 cm³/mol. The average molecular weight is 473 g/mol. The molecule has 0 aliphatic heterocycles. The summed E-state index contributed by atoms with van der Waals surface area (Å²) < 4.78 is 5.67. The first-order chi connectivity index (χ1) is 16.4. The highest BCUT2D eigenvalue weighted by Gasteiger charge is 2.13. The number of carbonyl (C=O) groups is 1. The first kappa shape index (κ1) is 28.1. The van der Waals surface area contributed by atoms with Gasteiger partial charge in [0.2, 0.25) is 0 Å². The molecule has 0 aliphatic rings. The van der Waals surface area contributed by atoms with Crippen LogP contribution in [0.15, 0.2) is 40.6 Å². The number of nitrogens with two attached hydrogens (primary N) is 5. The third kappa shape index (κ3) is 10.6. The molecule has 0 saturated heterocycles. The highest BCUT2D eigenvalue weighted by molar-refractivity contribution is 6.06. The molecule has 0 atom stereocenters. The van der Waals surface area contributed by atoms with E-state index in [1.165, 1.54) is 18.8 Å². The molecule has 0 spiro atoms. The van der Waals surface area contributed by atoms with Crippen molar-refractivity contribution in [3.63, 3.8) is 0 Å². The Balaban J connectivity index is 0.00000281. The summed E-state index contributed by atoms with van der Waals surface area (Å²) >= 11 is 0. The van der Waals surface area contributed by atoms with Crippen LogP contribution in [0.2, 0.25) is 0 Å². The molecule has 1 aromatic heterocycles. The molecule has 186 valence electrons. The largest absolute Gasteiger partial charge is 0.494 e. The molecule has 34 heavy (non-hydrogen) atoms. The molecule has 0 aliphatic carbocycles. The number of aliphatic imine (C=N–C) groups is 1. The second-order valence-electron chi connectivity index (χ2n) is 7.14. The second kappa shape index (κ2) is 15.8. The maximum atomic E-state index is 12.2. The summed E-state index contributed by atoms with van der Waals surface area (Å²) in [5.74, 6) is 5.86. The van der Waals surface area contributed by atoms with E-state index in [-0.39, 0.29) is 17.5 Å². The minimum Gasteiger partial charge on any atom is -0.494 e. The van der Waals surface area contributed by atoms with Gasteiger partial charge in [-0.1, -0.05) is 12.1 Å². The number of guanidine groups is 1. The molecule has 2 rings (SSSR count). The van der Waals surface area contributed by atoms with Gasteiger partial charge in [-0.2, -0.15) is 5.10 Å². The molecule has 0 unspecified atom stereocenters. The van der Waals surface area contributed by atoms with E-state index in [2.05, 4.69) is 31.1 Å². The van der Waals surface area contributed by atoms with Crippen molar-refractivity contribution in [2.45, 2.75) is 39.0 Å². The quantitative estimate of drug-likeness (QED) is 0.0874. The SMILES string of the molecule is CN.Cc1cnc(N)c(C(=O)NC(N)=NCCCCc2ccc(OCCC/C(N)=N/N)cc2)n1. The lowest BCUT2D eigenvalue weighted by atomic mass is 10.1. The van der Waals surface area contributed by atoms with Crippen LogP contribution in [0.5, 0.6) is 5.75 Å². The number of hydrogen-bond donors (Lipinski definition) is 6. The fraction of sp³-hybridized carbons (Fsp3) is 0.409. The van der Waals surface area contributed by atoms with Crippen LogP contribution >= 0.6 is 0 Å². The van der Waals surface area contributed by atoms with E-state index in [0.717, 1.165) is 31.4 Å². The Hall–Kier alpha value is -3.93. The number of aryl methyl sites for hydroxylation is 2. The third-order valence-corrected chi connectivity index (χ3v) is 4.47. The van der Waals surface area contributed by atoms with Crippen molar-refractivity contribution in [3.05, 3.63) is 47.4 Å². The maximum Gasteiger partial charge on any atom is 0.280 e. The zero-order valence-electron chi connectivity index (χ0n) is 19.8. The lowest BCUT2D eigenvalue weighted by Crippen LogP contribution is -2.38. The fourth-order valence-corrected chi connectivity index (χ4v) is 2.77. The molecule has 12 nitrogen and oxygen atoms in total. The number of amidine groups is 1. The molecule has 0 fully saturated rings. The molecular weight excluding hydrogens is 436 g/mol. The van der Waals surface area contributed by atoms with Crippen LogP contribution in [0.3, 0.4) is 0 Å². The number of unbranched alkanes of at least 4 members (excludes halogenated alkanes) is 1. The van der Waals surface area contributed by atoms with Crippen molar-refractivity contribution < 1.29 is 9.53 Å². The zero-order valence-corrected chi connectivity index (χ0v) is 19.8. The van der Waals surface area contributed by atoms with Crippen molar-refractivity contribution in [2.24, 2.45) is 33.1 Å². The van der Waals surface area contributed by atoms with E-state index in [1.807, 2.05) is 24.3 Å². The third-order valence-electron chi connectivity index (χ3n) is 4.47. The summed E-state index contributed by atoms with van der Waals surface area (Å²) in [4.78, 5) is 24.3. The standard InChI is InChI=1S/C21H31N9O2.CH5N/c1-14-13-27-19(23)18(28-14)20(31)29-21(24)26-11-3-2-5-15-7-9-16(10-8-15)32-12-4-6-17(22)30-25;1-2/h7-10,13H,2-6,11-12,25H2,1H3,(H2,22,30)(H2,23,27)(H3,24,26,29,31);2H2,1H3. The van der Waals surface area contributed by atoms with Gasteiger partial charge in [-0.25, -0.2) is 9.97 Å². The molecule has 2 aromatic rings. The van der Waals surface area contributed by atoms with Crippen LogP contribution in [0, 0.1) is 6.92 Å². The van der Waals surface area contributed by atoms with Crippen LogP contribution < -0.4 is 38.8 Å². The van der Waals surface area contributed by atoms with Crippen molar-refractivity contribution >= 4 is 23.5 Å². The Labute approximate surface area is 200 Å². The average Bonchev–Trinajstić information content (AvgIpc) is 2.85. The van der Waals surface area contributed by atoms with Gasteiger partial charge in [0.25, 0.3) is 5.91 Å². The van der Waals surface area contributed by atoms with Crippen LogP contribution in [-0.2, 0) is 6.42 Å². The number of benzene rings is 1. The number of nitrogens with zero attached hydrogens (tertiary/aromatic N) is 4. The molecule has 1 amide bonds. The number of hydrogen-bond acceptors (Lipinski definition) is 9. The van der Waals surface area contributed by atoms with Gasteiger partial charge < -0.3 is 33.5 Å². The number of anilines is 1. The van der Waals surface area contributed by atoms with Gasteiger partial charge in [-0.3, -0.25) is 15.1 Å². The molecular formula is C22H36N10O2. The van der Waals surface area contributed by atoms with Crippen LogP contribution in [0.1, 0.15) is 47.4 Å². The van der Waals surface area contributed by atoms with E-state index < -0.39 is 5.91 Å². The summed E-state index contributed by atoms with van der Waals surface area (Å²) in [5.41, 5.74) is 23.3. The Kier molecular flexibility index (Phi) is 13.1. The summed E-state index contributed by atoms with van der Waals surface area (Å²) in [6, 6.07) is 7.97. The van der Waals surface area contributed by atoms with E-state index in [4.69, 9.17) is 27.8 Å². The fourth-order valence-electron chi connectivity index (χ4n) is 2.77. The van der Waals surface area contributed by atoms with Gasteiger partial charge >= 0.3 is 0 Å². The number of nitrogen functional groups attached to an aromatic ring is 1. The van der Waals surface area contributed by atoms with Gasteiger partial charge in [0.15, 0.2) is 17.5 Å². The molecule has 1 heterocycles. The summed E-state index contributed by atoms with van der Waals surface area (Å²) in [6.07, 6.45) is 5.51.